The van der Waals surface area contributed by atoms with Crippen LogP contribution in [0.1, 0.15) is 35.3 Å². The molecular weight excluding hydrogens is 523 g/mol. The SMILES string of the molecule is [2H]C([2H])(O[P@@](=O)(N[C@@H](C)C(=O)OC(C)C)Oc1ccccc1)[C@@H]1O[C@H](n2cc(C)c(=S)[nH]c2=O)[C@H]([N+]#[C-])C1O. The second-order valence-electron chi connectivity index (χ2n) is 8.48. The lowest BCUT2D eigenvalue weighted by atomic mass is 10.1. The van der Waals surface area contributed by atoms with E-state index in [1.54, 1.807) is 39.0 Å². The predicted molar refractivity (Wildman–Crippen MR) is 135 cm³/mol. The van der Waals surface area contributed by atoms with Gasteiger partial charge >= 0.3 is 19.4 Å². The van der Waals surface area contributed by atoms with E-state index in [2.05, 4.69) is 14.9 Å². The van der Waals surface area contributed by atoms with Crippen LogP contribution in [-0.4, -0.2) is 57.6 Å². The van der Waals surface area contributed by atoms with E-state index in [0.717, 1.165) is 4.57 Å². The van der Waals surface area contributed by atoms with Crippen molar-refractivity contribution in [1.82, 2.24) is 14.6 Å². The fraction of sp³-hybridized carbons (Fsp3) is 0.478. The number of carbonyl (C=O) groups is 1. The second kappa shape index (κ2) is 12.1. The number of ether oxygens (including phenoxy) is 2. The number of aliphatic hydroxyl groups excluding tert-OH is 1. The van der Waals surface area contributed by atoms with Gasteiger partial charge in [-0.25, -0.2) is 15.9 Å². The molecule has 2 heterocycles. The molecule has 1 aromatic heterocycles. The first-order valence-electron chi connectivity index (χ1n) is 12.2. The zero-order valence-electron chi connectivity index (χ0n) is 22.5. The highest BCUT2D eigenvalue weighted by Crippen LogP contribution is 2.46. The van der Waals surface area contributed by atoms with Crippen LogP contribution in [0.2, 0.25) is 0 Å². The number of nitrogens with zero attached hydrogens (tertiary/aromatic N) is 2. The quantitative estimate of drug-likeness (QED) is 0.173. The lowest BCUT2D eigenvalue weighted by molar-refractivity contribution is -0.149. The molecule has 1 fully saturated rings. The molecule has 3 rings (SSSR count). The molecule has 3 N–H and O–H groups in total. The van der Waals surface area contributed by atoms with Crippen molar-refractivity contribution in [3.63, 3.8) is 0 Å². The van der Waals surface area contributed by atoms with Gasteiger partial charge < -0.3 is 23.9 Å². The molecule has 14 heteroatoms. The molecule has 0 spiro atoms. The summed E-state index contributed by atoms with van der Waals surface area (Å²) in [5.41, 5.74) is -0.266. The van der Waals surface area contributed by atoms with Crippen LogP contribution < -0.4 is 15.3 Å². The predicted octanol–water partition coefficient (Wildman–Crippen LogP) is 2.89. The highest BCUT2D eigenvalue weighted by molar-refractivity contribution is 7.71. The number of aromatic amines is 1. The summed E-state index contributed by atoms with van der Waals surface area (Å²) in [5, 5.41) is 13.2. The van der Waals surface area contributed by atoms with Gasteiger partial charge in [0.25, 0.3) is 6.04 Å². The Morgan fingerprint density at radius 2 is 2.08 bits per heavy atom. The topological polar surface area (TPSA) is 145 Å². The average Bonchev–Trinajstić information content (AvgIpc) is 3.17. The summed E-state index contributed by atoms with van der Waals surface area (Å²) in [6, 6.07) is 4.99. The maximum Gasteiger partial charge on any atom is 0.459 e. The van der Waals surface area contributed by atoms with Gasteiger partial charge in [-0.05, 0) is 39.8 Å². The summed E-state index contributed by atoms with van der Waals surface area (Å²) in [7, 11) is -4.72. The van der Waals surface area contributed by atoms with Crippen LogP contribution in [0.4, 0.5) is 0 Å². The van der Waals surface area contributed by atoms with Crippen molar-refractivity contribution >= 4 is 25.9 Å². The molecule has 1 saturated heterocycles. The van der Waals surface area contributed by atoms with E-state index >= 15 is 0 Å². The molecule has 0 bridgehead atoms. The average molecular weight is 555 g/mol. The van der Waals surface area contributed by atoms with Gasteiger partial charge in [0.2, 0.25) is 6.23 Å². The number of H-pyrrole nitrogens is 1. The first-order valence-corrected chi connectivity index (χ1v) is 13.2. The van der Waals surface area contributed by atoms with Crippen molar-refractivity contribution in [2.75, 3.05) is 6.56 Å². The Balaban J connectivity index is 1.94. The van der Waals surface area contributed by atoms with Crippen molar-refractivity contribution in [3.05, 3.63) is 68.6 Å². The summed E-state index contributed by atoms with van der Waals surface area (Å²) in [4.78, 5) is 30.6. The van der Waals surface area contributed by atoms with Crippen LogP contribution in [0.25, 0.3) is 4.85 Å². The number of hydrogen-bond acceptors (Lipinski definition) is 9. The second-order valence-corrected chi connectivity index (χ2v) is 10.5. The van der Waals surface area contributed by atoms with E-state index in [4.69, 9.17) is 40.1 Å². The molecule has 1 aliphatic rings. The number of aliphatic hydroxyl groups is 1. The molecule has 1 unspecified atom stereocenters. The third kappa shape index (κ3) is 7.13. The van der Waals surface area contributed by atoms with Gasteiger partial charge in [0.1, 0.15) is 22.5 Å². The van der Waals surface area contributed by atoms with Gasteiger partial charge in [-0.3, -0.25) is 18.9 Å². The van der Waals surface area contributed by atoms with Crippen LogP contribution in [0.3, 0.4) is 0 Å². The number of hydrogen-bond donors (Lipinski definition) is 3. The summed E-state index contributed by atoms with van der Waals surface area (Å²) >= 11 is 5.04. The van der Waals surface area contributed by atoms with E-state index < -0.39 is 62.6 Å². The molecule has 0 saturated carbocycles. The largest absolute Gasteiger partial charge is 0.462 e. The Bertz CT molecular complexity index is 1400. The molecule has 12 nitrogen and oxygen atoms in total. The fourth-order valence-corrected chi connectivity index (χ4v) is 4.84. The summed E-state index contributed by atoms with van der Waals surface area (Å²) < 4.78 is 53.6. The van der Waals surface area contributed by atoms with E-state index in [0.29, 0.717) is 5.56 Å². The molecule has 37 heavy (non-hydrogen) atoms. The number of esters is 1. The van der Waals surface area contributed by atoms with Crippen LogP contribution in [0.15, 0.2) is 41.3 Å². The number of benzene rings is 1. The van der Waals surface area contributed by atoms with Gasteiger partial charge in [-0.15, -0.1) is 0 Å². The Morgan fingerprint density at radius 3 is 2.70 bits per heavy atom. The molecule has 1 aliphatic heterocycles. The van der Waals surface area contributed by atoms with Crippen LogP contribution in [-0.2, 0) is 23.4 Å². The van der Waals surface area contributed by atoms with Crippen molar-refractivity contribution in [2.45, 2.75) is 64.3 Å². The molecule has 0 amide bonds. The van der Waals surface area contributed by atoms with E-state index in [-0.39, 0.29) is 10.4 Å². The number of rotatable bonds is 10. The van der Waals surface area contributed by atoms with Crippen molar-refractivity contribution in [1.29, 1.82) is 0 Å². The first-order chi connectivity index (χ1) is 18.2. The molecule has 0 aliphatic carbocycles. The molecule has 1 aromatic carbocycles. The Hall–Kier alpha value is -2.85. The molecular formula is C23H29N4O8PS. The normalized spacial score (nSPS) is 24.9. The highest BCUT2D eigenvalue weighted by atomic mass is 32.1. The third-order valence-corrected chi connectivity index (χ3v) is 7.05. The molecule has 200 valence electrons. The number of para-hydroxylation sites is 1. The third-order valence-electron chi connectivity index (χ3n) is 5.12. The van der Waals surface area contributed by atoms with Gasteiger partial charge in [0.05, 0.1) is 15.4 Å². The minimum atomic E-state index is -4.72. The number of carbonyl (C=O) groups excluding carboxylic acids is 1. The monoisotopic (exact) mass is 554 g/mol. The number of aromatic nitrogens is 2. The van der Waals surface area contributed by atoms with Crippen molar-refractivity contribution in [2.24, 2.45) is 0 Å². The molecule has 6 atom stereocenters. The smallest absolute Gasteiger partial charge is 0.459 e. The number of aryl methyl sites for hydroxylation is 1. The van der Waals surface area contributed by atoms with Gasteiger partial charge in [-0.2, -0.15) is 5.09 Å². The van der Waals surface area contributed by atoms with Gasteiger partial charge in [0, 0.05) is 11.8 Å². The Morgan fingerprint density at radius 1 is 1.41 bits per heavy atom. The van der Waals surface area contributed by atoms with Gasteiger partial charge in [-0.1, -0.05) is 30.4 Å². The van der Waals surface area contributed by atoms with E-state index in [1.165, 1.54) is 25.3 Å². The summed E-state index contributed by atoms with van der Waals surface area (Å²) in [6.07, 6.45) is -4.30. The maximum absolute atomic E-state index is 13.8. The molecule has 0 radical (unpaired) electrons. The minimum Gasteiger partial charge on any atom is -0.462 e. The number of nitrogens with one attached hydrogen (secondary N) is 2. The van der Waals surface area contributed by atoms with E-state index in [9.17, 15) is 19.3 Å². The highest BCUT2D eigenvalue weighted by Gasteiger charge is 2.51. The lowest BCUT2D eigenvalue weighted by Crippen LogP contribution is -2.37. The van der Waals surface area contributed by atoms with Crippen LogP contribution >= 0.6 is 20.0 Å². The Labute approximate surface area is 221 Å². The maximum atomic E-state index is 13.8. The standard InChI is InChI=1S/C23H29N4O8PS/c1-13(2)33-22(29)15(4)26-36(31,35-16-9-7-6-8-10-16)32-12-17-19(28)18(24-5)21(34-17)27-11-14(3)20(37)25-23(27)30/h6-11,13,15,17-19,21,28H,12H2,1-4H3,(H,26,31)(H,25,30,37)/t15-,17-,18+,19?,21-,36-/m0/s1/i12D2. The summed E-state index contributed by atoms with van der Waals surface area (Å²) in [5.74, 6) is -0.771. The fourth-order valence-electron chi connectivity index (χ4n) is 3.34. The lowest BCUT2D eigenvalue weighted by Gasteiger charge is -2.24. The zero-order chi connectivity index (χ0) is 29.1. The zero-order valence-corrected chi connectivity index (χ0v) is 22.2. The Kier molecular flexibility index (Phi) is 8.45. The summed E-state index contributed by atoms with van der Waals surface area (Å²) in [6.45, 7) is 10.6. The first kappa shape index (κ1) is 25.8. The van der Waals surface area contributed by atoms with E-state index in [1.807, 2.05) is 0 Å². The van der Waals surface area contributed by atoms with Crippen molar-refractivity contribution < 1.29 is 35.7 Å². The van der Waals surface area contributed by atoms with Gasteiger partial charge in [0.15, 0.2) is 6.10 Å². The van der Waals surface area contributed by atoms with Crippen LogP contribution in [0.5, 0.6) is 5.75 Å². The minimum absolute atomic E-state index is 0.0277. The van der Waals surface area contributed by atoms with Crippen molar-refractivity contribution in [3.8, 4) is 5.75 Å². The molecule has 2 aromatic rings. The van der Waals surface area contributed by atoms with Crippen LogP contribution in [0, 0.1) is 18.1 Å².